The van der Waals surface area contributed by atoms with Gasteiger partial charge in [0.25, 0.3) is 0 Å². The lowest BCUT2D eigenvalue weighted by atomic mass is 10.1. The SMILES string of the molecule is COc1ccc(NN=CC(=O)CSc2ccc(C)c(C)c2)cc1. The van der Waals surface area contributed by atoms with E-state index in [-0.39, 0.29) is 5.78 Å². The fourth-order valence-corrected chi connectivity index (χ4v) is 2.65. The summed E-state index contributed by atoms with van der Waals surface area (Å²) in [5.41, 5.74) is 6.12. The number of carbonyl (C=O) groups excluding carboxylic acids is 1. The summed E-state index contributed by atoms with van der Waals surface area (Å²) in [6.45, 7) is 4.15. The van der Waals surface area contributed by atoms with E-state index in [2.05, 4.69) is 36.5 Å². The topological polar surface area (TPSA) is 50.7 Å². The number of methoxy groups -OCH3 is 1. The third-order valence-electron chi connectivity index (χ3n) is 3.35. The maximum absolute atomic E-state index is 11.8. The maximum Gasteiger partial charge on any atom is 0.185 e. The second kappa shape index (κ2) is 8.39. The van der Waals surface area contributed by atoms with Crippen LogP contribution in [-0.2, 0) is 4.79 Å². The lowest BCUT2D eigenvalue weighted by molar-refractivity contribution is -0.110. The van der Waals surface area contributed by atoms with Gasteiger partial charge in [0.05, 0.1) is 24.8 Å². The van der Waals surface area contributed by atoms with E-state index in [4.69, 9.17) is 4.74 Å². The normalized spacial score (nSPS) is 10.7. The largest absolute Gasteiger partial charge is 0.497 e. The van der Waals surface area contributed by atoms with E-state index < -0.39 is 0 Å². The molecule has 0 amide bonds. The number of nitrogens with one attached hydrogen (secondary N) is 1. The molecular weight excluding hydrogens is 308 g/mol. The zero-order chi connectivity index (χ0) is 16.7. The number of carbonyl (C=O) groups is 1. The summed E-state index contributed by atoms with van der Waals surface area (Å²) in [4.78, 5) is 12.9. The first kappa shape index (κ1) is 17.1. The smallest absolute Gasteiger partial charge is 0.185 e. The summed E-state index contributed by atoms with van der Waals surface area (Å²) < 4.78 is 5.08. The minimum Gasteiger partial charge on any atom is -0.497 e. The Morgan fingerprint density at radius 1 is 1.17 bits per heavy atom. The highest BCUT2D eigenvalue weighted by Crippen LogP contribution is 2.20. The molecule has 120 valence electrons. The number of Topliss-reactive ketones (excluding diaryl/α,β-unsaturated/α-hetero) is 1. The zero-order valence-electron chi connectivity index (χ0n) is 13.5. The third kappa shape index (κ3) is 5.45. The summed E-state index contributed by atoms with van der Waals surface area (Å²) in [5.74, 6) is 1.12. The van der Waals surface area contributed by atoms with Gasteiger partial charge in [-0.1, -0.05) is 6.07 Å². The van der Waals surface area contributed by atoms with Gasteiger partial charge in [0, 0.05) is 4.90 Å². The monoisotopic (exact) mass is 328 g/mol. The Morgan fingerprint density at radius 3 is 2.57 bits per heavy atom. The molecule has 2 aromatic rings. The lowest BCUT2D eigenvalue weighted by Gasteiger charge is -2.04. The molecule has 1 N–H and O–H groups in total. The van der Waals surface area contributed by atoms with Crippen molar-refractivity contribution in [1.82, 2.24) is 0 Å². The van der Waals surface area contributed by atoms with Gasteiger partial charge in [-0.15, -0.1) is 11.8 Å². The number of hydrogen-bond donors (Lipinski definition) is 1. The Kier molecular flexibility index (Phi) is 6.23. The Labute approximate surface area is 140 Å². The van der Waals surface area contributed by atoms with Gasteiger partial charge < -0.3 is 4.74 Å². The van der Waals surface area contributed by atoms with Crippen molar-refractivity contribution in [2.75, 3.05) is 18.3 Å². The molecule has 5 heteroatoms. The molecule has 0 aliphatic heterocycles. The van der Waals surface area contributed by atoms with Crippen molar-refractivity contribution in [3.63, 3.8) is 0 Å². The van der Waals surface area contributed by atoms with Crippen LogP contribution in [0.5, 0.6) is 5.75 Å². The molecule has 0 aliphatic carbocycles. The second-order valence-corrected chi connectivity index (χ2v) is 6.15. The lowest BCUT2D eigenvalue weighted by Crippen LogP contribution is -2.04. The molecule has 0 bridgehead atoms. The van der Waals surface area contributed by atoms with Gasteiger partial charge in [-0.2, -0.15) is 5.10 Å². The van der Waals surface area contributed by atoms with Crippen LogP contribution < -0.4 is 10.2 Å². The maximum atomic E-state index is 11.8. The van der Waals surface area contributed by atoms with Crippen LogP contribution in [0.15, 0.2) is 52.5 Å². The summed E-state index contributed by atoms with van der Waals surface area (Å²) >= 11 is 1.52. The van der Waals surface area contributed by atoms with Crippen LogP contribution in [0.4, 0.5) is 5.69 Å². The average molecular weight is 328 g/mol. The predicted octanol–water partition coefficient (Wildman–Crippen LogP) is 4.07. The average Bonchev–Trinajstić information content (AvgIpc) is 2.56. The number of ketones is 1. The fourth-order valence-electron chi connectivity index (χ4n) is 1.84. The Bertz CT molecular complexity index is 697. The molecule has 0 atom stereocenters. The molecule has 2 aromatic carbocycles. The Balaban J connectivity index is 1.80. The molecule has 0 heterocycles. The Morgan fingerprint density at radius 2 is 1.91 bits per heavy atom. The summed E-state index contributed by atoms with van der Waals surface area (Å²) in [6.07, 6.45) is 1.32. The second-order valence-electron chi connectivity index (χ2n) is 5.10. The number of anilines is 1. The van der Waals surface area contributed by atoms with Crippen molar-refractivity contribution in [2.45, 2.75) is 18.7 Å². The first-order chi connectivity index (χ1) is 11.1. The number of hydrazone groups is 1. The van der Waals surface area contributed by atoms with Crippen LogP contribution in [-0.4, -0.2) is 24.9 Å². The van der Waals surface area contributed by atoms with Crippen molar-refractivity contribution in [3.05, 3.63) is 53.6 Å². The highest BCUT2D eigenvalue weighted by atomic mass is 32.2. The highest BCUT2D eigenvalue weighted by molar-refractivity contribution is 8.00. The molecule has 0 saturated carbocycles. The molecule has 0 aliphatic rings. The van der Waals surface area contributed by atoms with Crippen molar-refractivity contribution in [2.24, 2.45) is 5.10 Å². The van der Waals surface area contributed by atoms with Crippen LogP contribution in [0.1, 0.15) is 11.1 Å². The number of hydrogen-bond acceptors (Lipinski definition) is 5. The third-order valence-corrected chi connectivity index (χ3v) is 4.37. The minimum atomic E-state index is -0.0331. The summed E-state index contributed by atoms with van der Waals surface area (Å²) in [5, 5.41) is 3.96. The molecule has 0 spiro atoms. The van der Waals surface area contributed by atoms with E-state index in [0.29, 0.717) is 5.75 Å². The number of ether oxygens (including phenoxy) is 1. The molecule has 23 heavy (non-hydrogen) atoms. The quantitative estimate of drug-likeness (QED) is 0.473. The van der Waals surface area contributed by atoms with Gasteiger partial charge in [-0.05, 0) is 61.4 Å². The van der Waals surface area contributed by atoms with Crippen LogP contribution in [0.25, 0.3) is 0 Å². The zero-order valence-corrected chi connectivity index (χ0v) is 14.3. The predicted molar refractivity (Wildman–Crippen MR) is 96.8 cm³/mol. The van der Waals surface area contributed by atoms with E-state index in [1.165, 1.54) is 29.1 Å². The van der Waals surface area contributed by atoms with Crippen LogP contribution in [0, 0.1) is 13.8 Å². The van der Waals surface area contributed by atoms with Crippen LogP contribution in [0.3, 0.4) is 0 Å². The van der Waals surface area contributed by atoms with Gasteiger partial charge in [0.2, 0.25) is 0 Å². The molecule has 2 rings (SSSR count). The van der Waals surface area contributed by atoms with Crippen LogP contribution in [0.2, 0.25) is 0 Å². The molecule has 0 saturated heterocycles. The molecule has 0 fully saturated rings. The molecule has 0 aromatic heterocycles. The number of benzene rings is 2. The number of thioether (sulfide) groups is 1. The van der Waals surface area contributed by atoms with Crippen molar-refractivity contribution in [3.8, 4) is 5.75 Å². The Hall–Kier alpha value is -2.27. The molecule has 0 radical (unpaired) electrons. The van der Waals surface area contributed by atoms with E-state index in [0.717, 1.165) is 16.3 Å². The first-order valence-electron chi connectivity index (χ1n) is 7.24. The number of aryl methyl sites for hydroxylation is 2. The number of nitrogens with zero attached hydrogens (tertiary/aromatic N) is 1. The van der Waals surface area contributed by atoms with Crippen molar-refractivity contribution < 1.29 is 9.53 Å². The van der Waals surface area contributed by atoms with Gasteiger partial charge in [0.15, 0.2) is 5.78 Å². The van der Waals surface area contributed by atoms with E-state index >= 15 is 0 Å². The molecule has 4 nitrogen and oxygen atoms in total. The van der Waals surface area contributed by atoms with Gasteiger partial charge in [-0.3, -0.25) is 10.2 Å². The van der Waals surface area contributed by atoms with Crippen molar-refractivity contribution >= 4 is 29.4 Å². The summed E-state index contributed by atoms with van der Waals surface area (Å²) in [6, 6.07) is 13.5. The molecule has 0 unspecified atom stereocenters. The van der Waals surface area contributed by atoms with Crippen LogP contribution >= 0.6 is 11.8 Å². The minimum absolute atomic E-state index is 0.0331. The number of rotatable bonds is 7. The van der Waals surface area contributed by atoms with E-state index in [1.54, 1.807) is 7.11 Å². The highest BCUT2D eigenvalue weighted by Gasteiger charge is 2.02. The van der Waals surface area contributed by atoms with E-state index in [1.807, 2.05) is 30.3 Å². The fraction of sp³-hybridized carbons (Fsp3) is 0.222. The molecular formula is C18H20N2O2S. The van der Waals surface area contributed by atoms with Gasteiger partial charge in [0.1, 0.15) is 5.75 Å². The standard InChI is InChI=1S/C18H20N2O2S/c1-13-4-9-18(10-14(13)2)23-12-16(21)11-19-20-15-5-7-17(22-3)8-6-15/h4-11,20H,12H2,1-3H3. The van der Waals surface area contributed by atoms with Crippen molar-refractivity contribution in [1.29, 1.82) is 0 Å². The summed E-state index contributed by atoms with van der Waals surface area (Å²) in [7, 11) is 1.62. The van der Waals surface area contributed by atoms with E-state index in [9.17, 15) is 4.79 Å². The van der Waals surface area contributed by atoms with Gasteiger partial charge >= 0.3 is 0 Å². The van der Waals surface area contributed by atoms with Gasteiger partial charge in [-0.25, -0.2) is 0 Å². The first-order valence-corrected chi connectivity index (χ1v) is 8.23.